The van der Waals surface area contributed by atoms with Crippen LogP contribution in [0.4, 0.5) is 4.39 Å². The fourth-order valence-corrected chi connectivity index (χ4v) is 2.71. The largest absolute Gasteiger partial charge is 0.306 e. The van der Waals surface area contributed by atoms with Crippen LogP contribution in [0.25, 0.3) is 0 Å². The molecule has 1 nitrogen and oxygen atoms in total. The topological polar surface area (TPSA) is 12.0 Å². The second-order valence-corrected chi connectivity index (χ2v) is 5.50. The molecule has 2 rings (SSSR count). The van der Waals surface area contributed by atoms with Gasteiger partial charge >= 0.3 is 0 Å². The van der Waals surface area contributed by atoms with Gasteiger partial charge in [-0.2, -0.15) is 0 Å². The molecule has 1 unspecified atom stereocenters. The third kappa shape index (κ3) is 3.56. The lowest BCUT2D eigenvalue weighted by Crippen LogP contribution is -2.22. The summed E-state index contributed by atoms with van der Waals surface area (Å²) >= 11 is 9.51. The molecule has 0 heterocycles. The highest BCUT2D eigenvalue weighted by Crippen LogP contribution is 2.30. The highest BCUT2D eigenvalue weighted by molar-refractivity contribution is 9.10. The Morgan fingerprint density at radius 1 is 1.26 bits per heavy atom. The summed E-state index contributed by atoms with van der Waals surface area (Å²) < 4.78 is 14.3. The molecule has 0 saturated carbocycles. The molecule has 1 atom stereocenters. The molecule has 0 amide bonds. The van der Waals surface area contributed by atoms with E-state index < -0.39 is 0 Å². The zero-order valence-corrected chi connectivity index (χ0v) is 12.8. The maximum atomic E-state index is 13.5. The van der Waals surface area contributed by atoms with E-state index in [9.17, 15) is 4.39 Å². The summed E-state index contributed by atoms with van der Waals surface area (Å²) in [6.45, 7) is 2.80. The molecule has 4 heteroatoms. The van der Waals surface area contributed by atoms with E-state index in [1.165, 1.54) is 12.1 Å². The average Bonchev–Trinajstić information content (AvgIpc) is 2.39. The highest BCUT2D eigenvalue weighted by Gasteiger charge is 2.16. The minimum absolute atomic E-state index is 0.0891. The van der Waals surface area contributed by atoms with Gasteiger partial charge < -0.3 is 5.32 Å². The lowest BCUT2D eigenvalue weighted by atomic mass is 9.98. The first kappa shape index (κ1) is 14.5. The zero-order valence-electron chi connectivity index (χ0n) is 10.5. The van der Waals surface area contributed by atoms with Crippen molar-refractivity contribution in [1.82, 2.24) is 5.32 Å². The number of hydrogen-bond donors (Lipinski definition) is 1. The van der Waals surface area contributed by atoms with Gasteiger partial charge in [-0.05, 0) is 48.0 Å². The van der Waals surface area contributed by atoms with Gasteiger partial charge in [0.15, 0.2) is 0 Å². The van der Waals surface area contributed by atoms with E-state index in [0.29, 0.717) is 5.02 Å². The first-order valence-corrected chi connectivity index (χ1v) is 7.22. The Hall–Kier alpha value is -0.900. The lowest BCUT2D eigenvalue weighted by molar-refractivity contribution is 0.601. The van der Waals surface area contributed by atoms with Crippen LogP contribution in [0.1, 0.15) is 24.1 Å². The van der Waals surface area contributed by atoms with E-state index in [0.717, 1.165) is 22.1 Å². The van der Waals surface area contributed by atoms with Gasteiger partial charge in [0, 0.05) is 9.50 Å². The Morgan fingerprint density at radius 3 is 2.74 bits per heavy atom. The van der Waals surface area contributed by atoms with Crippen molar-refractivity contribution >= 4 is 27.5 Å². The first-order valence-electron chi connectivity index (χ1n) is 6.05. The van der Waals surface area contributed by atoms with Crippen LogP contribution >= 0.6 is 27.5 Å². The molecule has 19 heavy (non-hydrogen) atoms. The van der Waals surface area contributed by atoms with E-state index in [2.05, 4.69) is 21.2 Å². The van der Waals surface area contributed by atoms with Crippen LogP contribution in [-0.4, -0.2) is 6.54 Å². The molecule has 0 aliphatic carbocycles. The molecule has 2 aromatic carbocycles. The number of hydrogen-bond acceptors (Lipinski definition) is 1. The molecule has 0 fully saturated rings. The van der Waals surface area contributed by atoms with Crippen molar-refractivity contribution in [2.75, 3.05) is 6.54 Å². The summed E-state index contributed by atoms with van der Waals surface area (Å²) in [7, 11) is 0. The number of rotatable bonds is 4. The predicted molar refractivity (Wildman–Crippen MR) is 81.1 cm³/mol. The van der Waals surface area contributed by atoms with Gasteiger partial charge in [0.05, 0.1) is 6.04 Å². The Kier molecular flexibility index (Phi) is 4.97. The zero-order chi connectivity index (χ0) is 13.8. The van der Waals surface area contributed by atoms with Crippen LogP contribution in [0.5, 0.6) is 0 Å². The quantitative estimate of drug-likeness (QED) is 0.830. The maximum Gasteiger partial charge on any atom is 0.123 e. The summed E-state index contributed by atoms with van der Waals surface area (Å²) in [5.41, 5.74) is 1.88. The van der Waals surface area contributed by atoms with Crippen molar-refractivity contribution in [3.8, 4) is 0 Å². The van der Waals surface area contributed by atoms with E-state index in [4.69, 9.17) is 11.6 Å². The molecular weight excluding hydrogens is 329 g/mol. The van der Waals surface area contributed by atoms with Crippen molar-refractivity contribution in [2.24, 2.45) is 0 Å². The van der Waals surface area contributed by atoms with Crippen LogP contribution < -0.4 is 5.32 Å². The Bertz CT molecular complexity index is 574. The third-order valence-electron chi connectivity index (χ3n) is 2.86. The van der Waals surface area contributed by atoms with Crippen LogP contribution in [0.2, 0.25) is 5.02 Å². The molecule has 0 aliphatic heterocycles. The molecule has 0 bridgehead atoms. The molecule has 0 aliphatic rings. The molecular formula is C15H14BrClFN. The van der Waals surface area contributed by atoms with Crippen LogP contribution in [0.15, 0.2) is 46.9 Å². The average molecular weight is 343 g/mol. The Balaban J connectivity index is 2.48. The molecule has 0 radical (unpaired) electrons. The Labute approximate surface area is 125 Å². The van der Waals surface area contributed by atoms with Gasteiger partial charge in [0.25, 0.3) is 0 Å². The van der Waals surface area contributed by atoms with Crippen LogP contribution in [-0.2, 0) is 0 Å². The monoisotopic (exact) mass is 341 g/mol. The summed E-state index contributed by atoms with van der Waals surface area (Å²) in [6, 6.07) is 12.2. The first-order chi connectivity index (χ1) is 9.11. The van der Waals surface area contributed by atoms with E-state index in [-0.39, 0.29) is 11.9 Å². The van der Waals surface area contributed by atoms with Crippen molar-refractivity contribution < 1.29 is 4.39 Å². The SMILES string of the molecule is CCNC(c1cccc(Cl)c1)c1cc(F)ccc1Br. The summed E-state index contributed by atoms with van der Waals surface area (Å²) in [6.07, 6.45) is 0. The van der Waals surface area contributed by atoms with Gasteiger partial charge in [0.2, 0.25) is 0 Å². The summed E-state index contributed by atoms with van der Waals surface area (Å²) in [5.74, 6) is -0.247. The standard InChI is InChI=1S/C15H14BrClFN/c1-2-19-15(10-4-3-5-11(17)8-10)13-9-12(18)6-7-14(13)16/h3-9,15,19H,2H2,1H3. The fraction of sp³-hybridized carbons (Fsp3) is 0.200. The molecule has 0 aromatic heterocycles. The molecule has 0 saturated heterocycles. The van der Waals surface area contributed by atoms with Gasteiger partial charge in [-0.3, -0.25) is 0 Å². The van der Waals surface area contributed by atoms with Gasteiger partial charge in [0.1, 0.15) is 5.82 Å². The van der Waals surface area contributed by atoms with Gasteiger partial charge in [-0.25, -0.2) is 4.39 Å². The minimum Gasteiger partial charge on any atom is -0.306 e. The number of halogens is 3. The van der Waals surface area contributed by atoms with Crippen molar-refractivity contribution in [1.29, 1.82) is 0 Å². The van der Waals surface area contributed by atoms with Gasteiger partial charge in [-0.15, -0.1) is 0 Å². The smallest absolute Gasteiger partial charge is 0.123 e. The van der Waals surface area contributed by atoms with E-state index >= 15 is 0 Å². The fourth-order valence-electron chi connectivity index (χ4n) is 2.03. The normalized spacial score (nSPS) is 12.4. The third-order valence-corrected chi connectivity index (χ3v) is 3.82. The molecule has 2 aromatic rings. The van der Waals surface area contributed by atoms with E-state index in [1.54, 1.807) is 6.07 Å². The van der Waals surface area contributed by atoms with Gasteiger partial charge in [-0.1, -0.05) is 46.6 Å². The molecule has 1 N–H and O–H groups in total. The summed E-state index contributed by atoms with van der Waals surface area (Å²) in [5, 5.41) is 4.03. The Morgan fingerprint density at radius 2 is 2.05 bits per heavy atom. The second kappa shape index (κ2) is 6.51. The van der Waals surface area contributed by atoms with E-state index in [1.807, 2.05) is 31.2 Å². The maximum absolute atomic E-state index is 13.5. The highest BCUT2D eigenvalue weighted by atomic mass is 79.9. The second-order valence-electron chi connectivity index (χ2n) is 4.21. The number of benzene rings is 2. The van der Waals surface area contributed by atoms with Crippen molar-refractivity contribution in [2.45, 2.75) is 13.0 Å². The number of nitrogens with one attached hydrogen (secondary N) is 1. The predicted octanol–water partition coefficient (Wildman–Crippen LogP) is 4.94. The van der Waals surface area contributed by atoms with Crippen LogP contribution in [0, 0.1) is 5.82 Å². The van der Waals surface area contributed by atoms with Crippen molar-refractivity contribution in [3.05, 3.63) is 68.9 Å². The summed E-state index contributed by atoms with van der Waals surface area (Å²) in [4.78, 5) is 0. The molecule has 0 spiro atoms. The molecule has 100 valence electrons. The van der Waals surface area contributed by atoms with Crippen LogP contribution in [0.3, 0.4) is 0 Å². The lowest BCUT2D eigenvalue weighted by Gasteiger charge is -2.20. The minimum atomic E-state index is -0.247. The van der Waals surface area contributed by atoms with Crippen molar-refractivity contribution in [3.63, 3.8) is 0 Å².